The van der Waals surface area contributed by atoms with Crippen LogP contribution in [-0.4, -0.2) is 43.7 Å². The highest BCUT2D eigenvalue weighted by atomic mass is 32.1. The van der Waals surface area contributed by atoms with Crippen LogP contribution in [-0.2, 0) is 6.42 Å². The molecule has 4 aromatic rings. The van der Waals surface area contributed by atoms with E-state index in [1.807, 2.05) is 17.5 Å². The number of nitrogens with zero attached hydrogens (tertiary/aromatic N) is 7. The van der Waals surface area contributed by atoms with Crippen molar-refractivity contribution in [3.05, 3.63) is 47.6 Å². The molecule has 11 heteroatoms. The number of aromatic nitrogens is 6. The van der Waals surface area contributed by atoms with Crippen molar-refractivity contribution >= 4 is 28.2 Å². The number of methoxy groups -OCH3 is 1. The summed E-state index contributed by atoms with van der Waals surface area (Å²) in [7, 11) is 1.56. The second-order valence-corrected chi connectivity index (χ2v) is 8.14. The van der Waals surface area contributed by atoms with Gasteiger partial charge in [-0.3, -0.25) is 0 Å². The van der Waals surface area contributed by atoms with E-state index in [9.17, 15) is 0 Å². The molecule has 0 aromatic carbocycles. The fraction of sp³-hybridized carbons (Fsp3) is 0.333. The van der Waals surface area contributed by atoms with Crippen molar-refractivity contribution in [3.63, 3.8) is 0 Å². The van der Waals surface area contributed by atoms with Gasteiger partial charge in [-0.2, -0.15) is 4.98 Å². The molecule has 0 aliphatic carbocycles. The van der Waals surface area contributed by atoms with E-state index in [0.29, 0.717) is 23.2 Å². The van der Waals surface area contributed by atoms with Gasteiger partial charge in [-0.05, 0) is 19.3 Å². The van der Waals surface area contributed by atoms with Gasteiger partial charge in [-0.15, -0.1) is 11.3 Å². The zero-order valence-corrected chi connectivity index (χ0v) is 18.5. The van der Waals surface area contributed by atoms with E-state index in [0.717, 1.165) is 48.2 Å². The van der Waals surface area contributed by atoms with E-state index in [1.165, 1.54) is 11.3 Å². The van der Waals surface area contributed by atoms with Crippen LogP contribution < -0.4 is 15.0 Å². The Morgan fingerprint density at radius 3 is 2.91 bits per heavy atom. The normalized spacial score (nSPS) is 15.8. The fourth-order valence-corrected chi connectivity index (χ4v) is 4.30. The number of ether oxygens (including phenoxy) is 1. The molecular weight excluding hydrogens is 428 g/mol. The van der Waals surface area contributed by atoms with E-state index in [-0.39, 0.29) is 6.04 Å². The van der Waals surface area contributed by atoms with Gasteiger partial charge < -0.3 is 19.5 Å². The van der Waals surface area contributed by atoms with Crippen LogP contribution in [0, 0.1) is 0 Å². The molecule has 1 saturated heterocycles. The molecule has 0 saturated carbocycles. The van der Waals surface area contributed by atoms with Crippen molar-refractivity contribution in [2.75, 3.05) is 23.9 Å². The van der Waals surface area contributed by atoms with Crippen molar-refractivity contribution in [1.82, 2.24) is 30.1 Å². The summed E-state index contributed by atoms with van der Waals surface area (Å²) in [5, 5.41) is 10.2. The number of rotatable bonds is 7. The van der Waals surface area contributed by atoms with Crippen LogP contribution in [0.4, 0.5) is 16.9 Å². The highest BCUT2D eigenvalue weighted by molar-refractivity contribution is 7.13. The molecule has 5 rings (SSSR count). The fourth-order valence-electron chi connectivity index (χ4n) is 3.76. The Bertz CT molecular complexity index is 1200. The van der Waals surface area contributed by atoms with Gasteiger partial charge in [0.25, 0.3) is 0 Å². The molecule has 0 amide bonds. The van der Waals surface area contributed by atoms with E-state index in [2.05, 4.69) is 37.2 Å². The molecule has 32 heavy (non-hydrogen) atoms. The van der Waals surface area contributed by atoms with E-state index >= 15 is 0 Å². The molecule has 1 aliphatic rings. The predicted molar refractivity (Wildman–Crippen MR) is 120 cm³/mol. The largest absolute Gasteiger partial charge is 0.479 e. The van der Waals surface area contributed by atoms with Crippen LogP contribution in [0.2, 0.25) is 0 Å². The van der Waals surface area contributed by atoms with Crippen molar-refractivity contribution in [2.45, 2.75) is 32.2 Å². The zero-order valence-electron chi connectivity index (χ0n) is 17.7. The molecule has 164 valence electrons. The van der Waals surface area contributed by atoms with Crippen molar-refractivity contribution in [1.29, 1.82) is 0 Å². The van der Waals surface area contributed by atoms with Gasteiger partial charge in [0.05, 0.1) is 13.2 Å². The zero-order chi connectivity index (χ0) is 21.9. The molecule has 4 aromatic heterocycles. The molecule has 0 spiro atoms. The SMILES string of the molecule is CCc1cc(Nc2nccs2)nc(N2CCCC2c2cc(-c3nccnc3OC)no2)n1. The first-order chi connectivity index (χ1) is 15.7. The Kier molecular flexibility index (Phi) is 5.63. The molecule has 1 fully saturated rings. The van der Waals surface area contributed by atoms with Gasteiger partial charge in [-0.25, -0.2) is 19.9 Å². The van der Waals surface area contributed by atoms with Gasteiger partial charge in [-0.1, -0.05) is 12.1 Å². The molecule has 10 nitrogen and oxygen atoms in total. The van der Waals surface area contributed by atoms with Crippen LogP contribution in [0.5, 0.6) is 5.88 Å². The molecular formula is C21H22N8O2S. The maximum Gasteiger partial charge on any atom is 0.242 e. The van der Waals surface area contributed by atoms with Gasteiger partial charge in [0, 0.05) is 48.3 Å². The first-order valence-electron chi connectivity index (χ1n) is 10.4. The van der Waals surface area contributed by atoms with Gasteiger partial charge in [0.1, 0.15) is 11.5 Å². The average Bonchev–Trinajstić information content (AvgIpc) is 3.60. The van der Waals surface area contributed by atoms with Crippen molar-refractivity contribution < 1.29 is 9.26 Å². The van der Waals surface area contributed by atoms with E-state index in [1.54, 1.807) is 25.7 Å². The average molecular weight is 451 g/mol. The monoisotopic (exact) mass is 450 g/mol. The van der Waals surface area contributed by atoms with Crippen molar-refractivity contribution in [3.8, 4) is 17.3 Å². The number of anilines is 3. The van der Waals surface area contributed by atoms with Gasteiger partial charge in [0.15, 0.2) is 16.6 Å². The standard InChI is InChI=1S/C21H22N8O2S/c1-3-13-11-17(27-21-24-8-10-32-21)26-20(25-13)29-9-4-5-15(29)16-12-14(28-31-16)18-19(30-2)23-7-6-22-18/h6-8,10-12,15H,3-5,9H2,1-2H3,(H,24,25,26,27). The molecule has 5 heterocycles. The number of aryl methyl sites for hydroxylation is 1. The summed E-state index contributed by atoms with van der Waals surface area (Å²) in [5.41, 5.74) is 2.10. The summed E-state index contributed by atoms with van der Waals surface area (Å²) in [6.45, 7) is 2.91. The minimum absolute atomic E-state index is 0.0151. The topological polar surface area (TPSA) is 115 Å². The summed E-state index contributed by atoms with van der Waals surface area (Å²) >= 11 is 1.53. The maximum absolute atomic E-state index is 5.73. The Labute approximate surface area is 188 Å². The lowest BCUT2D eigenvalue weighted by Gasteiger charge is -2.23. The van der Waals surface area contributed by atoms with Crippen LogP contribution in [0.1, 0.15) is 37.3 Å². The maximum atomic E-state index is 5.73. The molecule has 0 bridgehead atoms. The van der Waals surface area contributed by atoms with E-state index in [4.69, 9.17) is 19.2 Å². The molecule has 1 aliphatic heterocycles. The summed E-state index contributed by atoms with van der Waals surface area (Å²) in [5.74, 6) is 2.55. The highest BCUT2D eigenvalue weighted by Crippen LogP contribution is 2.37. The number of thiazole rings is 1. The Morgan fingerprint density at radius 2 is 2.09 bits per heavy atom. The second kappa shape index (κ2) is 8.87. The first-order valence-corrected chi connectivity index (χ1v) is 11.3. The molecule has 1 N–H and O–H groups in total. The van der Waals surface area contributed by atoms with Crippen molar-refractivity contribution in [2.24, 2.45) is 0 Å². The smallest absolute Gasteiger partial charge is 0.242 e. The minimum atomic E-state index is -0.0151. The summed E-state index contributed by atoms with van der Waals surface area (Å²) in [6.07, 6.45) is 7.68. The Balaban J connectivity index is 1.45. The third-order valence-corrected chi connectivity index (χ3v) is 5.95. The van der Waals surface area contributed by atoms with Gasteiger partial charge in [0.2, 0.25) is 11.8 Å². The van der Waals surface area contributed by atoms with Crippen LogP contribution in [0.15, 0.2) is 40.6 Å². The second-order valence-electron chi connectivity index (χ2n) is 7.24. The number of hydrogen-bond acceptors (Lipinski definition) is 11. The first kappa shape index (κ1) is 20.3. The summed E-state index contributed by atoms with van der Waals surface area (Å²) in [4.78, 5) is 24.6. The Hall–Kier alpha value is -3.60. The molecule has 0 radical (unpaired) electrons. The molecule has 1 atom stereocenters. The quantitative estimate of drug-likeness (QED) is 0.442. The van der Waals surface area contributed by atoms with Gasteiger partial charge >= 0.3 is 0 Å². The lowest BCUT2D eigenvalue weighted by Crippen LogP contribution is -2.25. The highest BCUT2D eigenvalue weighted by Gasteiger charge is 2.32. The predicted octanol–water partition coefficient (Wildman–Crippen LogP) is 4.03. The number of hydrogen-bond donors (Lipinski definition) is 1. The molecule has 1 unspecified atom stereocenters. The lowest BCUT2D eigenvalue weighted by molar-refractivity contribution is 0.361. The van der Waals surface area contributed by atoms with Crippen LogP contribution >= 0.6 is 11.3 Å². The minimum Gasteiger partial charge on any atom is -0.479 e. The third kappa shape index (κ3) is 3.98. The van der Waals surface area contributed by atoms with Crippen LogP contribution in [0.3, 0.4) is 0 Å². The van der Waals surface area contributed by atoms with Crippen LogP contribution in [0.25, 0.3) is 11.4 Å². The summed E-state index contributed by atoms with van der Waals surface area (Å²) < 4.78 is 11.0. The van der Waals surface area contributed by atoms with E-state index < -0.39 is 0 Å². The summed E-state index contributed by atoms with van der Waals surface area (Å²) in [6, 6.07) is 3.84. The third-order valence-electron chi connectivity index (χ3n) is 5.26. The Morgan fingerprint density at radius 1 is 1.19 bits per heavy atom. The lowest BCUT2D eigenvalue weighted by atomic mass is 10.1. The number of nitrogens with one attached hydrogen (secondary N) is 1.